The van der Waals surface area contributed by atoms with Crippen LogP contribution in [0.4, 0.5) is 0 Å². The molecule has 0 aromatic carbocycles. The van der Waals surface area contributed by atoms with E-state index in [9.17, 15) is 0 Å². The Bertz CT molecular complexity index is 585. The zero-order valence-electron chi connectivity index (χ0n) is 12.9. The van der Waals surface area contributed by atoms with E-state index in [0.717, 1.165) is 34.5 Å². The van der Waals surface area contributed by atoms with Gasteiger partial charge in [0.2, 0.25) is 0 Å². The third kappa shape index (κ3) is 4.32. The van der Waals surface area contributed by atoms with Crippen molar-refractivity contribution in [3.05, 3.63) is 39.8 Å². The molecular weight excluding hydrogens is 328 g/mol. The van der Waals surface area contributed by atoms with Crippen molar-refractivity contribution in [1.82, 2.24) is 20.3 Å². The molecule has 0 atom stereocenters. The second-order valence-corrected chi connectivity index (χ2v) is 6.33. The number of aryl methyl sites for hydroxylation is 2. The molecule has 0 fully saturated rings. The lowest BCUT2D eigenvalue weighted by Gasteiger charge is -2.12. The summed E-state index contributed by atoms with van der Waals surface area (Å²) >= 11 is 3.39. The standard InChI is InChI=1S/C16H21BrN4/c1-10(2)18-8-7-14-11(3)20-16(21-12(14)4)15-6-5-13(17)9-19-15/h5-6,9-10,18H,7-8H2,1-4H3. The Kier molecular flexibility index (Phi) is 5.42. The monoisotopic (exact) mass is 348 g/mol. The second-order valence-electron chi connectivity index (χ2n) is 5.42. The van der Waals surface area contributed by atoms with E-state index in [1.54, 1.807) is 6.20 Å². The molecule has 0 bridgehead atoms. The number of hydrogen-bond acceptors (Lipinski definition) is 4. The van der Waals surface area contributed by atoms with Crippen LogP contribution in [0.5, 0.6) is 0 Å². The highest BCUT2D eigenvalue weighted by atomic mass is 79.9. The molecule has 0 unspecified atom stereocenters. The summed E-state index contributed by atoms with van der Waals surface area (Å²) in [4.78, 5) is 13.6. The number of nitrogens with zero attached hydrogens (tertiary/aromatic N) is 3. The fourth-order valence-electron chi connectivity index (χ4n) is 2.21. The molecule has 0 saturated heterocycles. The number of nitrogens with one attached hydrogen (secondary N) is 1. The molecule has 2 aromatic heterocycles. The van der Waals surface area contributed by atoms with Crippen molar-refractivity contribution in [3.8, 4) is 11.5 Å². The topological polar surface area (TPSA) is 50.7 Å². The maximum Gasteiger partial charge on any atom is 0.178 e. The summed E-state index contributed by atoms with van der Waals surface area (Å²) < 4.78 is 0.955. The van der Waals surface area contributed by atoms with Crippen molar-refractivity contribution < 1.29 is 0 Å². The highest BCUT2D eigenvalue weighted by Gasteiger charge is 2.10. The first-order valence-electron chi connectivity index (χ1n) is 7.17. The summed E-state index contributed by atoms with van der Waals surface area (Å²) in [6.07, 6.45) is 2.72. The largest absolute Gasteiger partial charge is 0.314 e. The van der Waals surface area contributed by atoms with Gasteiger partial charge in [-0.25, -0.2) is 9.97 Å². The summed E-state index contributed by atoms with van der Waals surface area (Å²) in [7, 11) is 0. The molecule has 0 radical (unpaired) electrons. The normalized spacial score (nSPS) is 11.1. The number of rotatable bonds is 5. The van der Waals surface area contributed by atoms with E-state index >= 15 is 0 Å². The van der Waals surface area contributed by atoms with Gasteiger partial charge in [0, 0.05) is 28.1 Å². The lowest BCUT2D eigenvalue weighted by Crippen LogP contribution is -2.25. The highest BCUT2D eigenvalue weighted by Crippen LogP contribution is 2.19. The van der Waals surface area contributed by atoms with Crippen LogP contribution in [-0.2, 0) is 6.42 Å². The number of pyridine rings is 1. The Labute approximate surface area is 134 Å². The molecule has 2 rings (SSSR count). The van der Waals surface area contributed by atoms with Crippen LogP contribution in [-0.4, -0.2) is 27.5 Å². The molecule has 0 spiro atoms. The van der Waals surface area contributed by atoms with E-state index in [1.807, 2.05) is 26.0 Å². The zero-order chi connectivity index (χ0) is 15.4. The van der Waals surface area contributed by atoms with Gasteiger partial charge in [0.05, 0.1) is 0 Å². The van der Waals surface area contributed by atoms with E-state index in [2.05, 4.69) is 50.0 Å². The molecule has 112 valence electrons. The van der Waals surface area contributed by atoms with Crippen molar-refractivity contribution in [2.45, 2.75) is 40.2 Å². The zero-order valence-corrected chi connectivity index (χ0v) is 14.5. The Morgan fingerprint density at radius 3 is 2.33 bits per heavy atom. The van der Waals surface area contributed by atoms with Gasteiger partial charge >= 0.3 is 0 Å². The molecule has 0 saturated carbocycles. The van der Waals surface area contributed by atoms with Crippen LogP contribution < -0.4 is 5.32 Å². The van der Waals surface area contributed by atoms with Crippen LogP contribution in [0.15, 0.2) is 22.8 Å². The Balaban J connectivity index is 2.22. The molecule has 2 aromatic rings. The van der Waals surface area contributed by atoms with Crippen LogP contribution in [0, 0.1) is 13.8 Å². The first-order valence-corrected chi connectivity index (χ1v) is 7.96. The van der Waals surface area contributed by atoms with Gasteiger partial charge in [-0.1, -0.05) is 13.8 Å². The van der Waals surface area contributed by atoms with Crippen molar-refractivity contribution in [3.63, 3.8) is 0 Å². The molecule has 0 aliphatic rings. The molecule has 4 nitrogen and oxygen atoms in total. The van der Waals surface area contributed by atoms with E-state index in [-0.39, 0.29) is 0 Å². The lowest BCUT2D eigenvalue weighted by molar-refractivity contribution is 0.588. The summed E-state index contributed by atoms with van der Waals surface area (Å²) in [5.74, 6) is 0.693. The van der Waals surface area contributed by atoms with Gasteiger partial charge < -0.3 is 5.32 Å². The predicted octanol–water partition coefficient (Wildman–Crippen LogP) is 3.46. The average Bonchev–Trinajstić information content (AvgIpc) is 2.42. The van der Waals surface area contributed by atoms with Gasteiger partial charge in [-0.15, -0.1) is 0 Å². The Morgan fingerprint density at radius 1 is 1.14 bits per heavy atom. The molecule has 0 aliphatic heterocycles. The van der Waals surface area contributed by atoms with E-state index in [1.165, 1.54) is 5.56 Å². The van der Waals surface area contributed by atoms with E-state index in [4.69, 9.17) is 0 Å². The van der Waals surface area contributed by atoms with Gasteiger partial charge in [0.1, 0.15) is 5.69 Å². The maximum atomic E-state index is 4.61. The lowest BCUT2D eigenvalue weighted by atomic mass is 10.1. The summed E-state index contributed by atoms with van der Waals surface area (Å²) in [6, 6.07) is 4.38. The van der Waals surface area contributed by atoms with Crippen LogP contribution in [0.2, 0.25) is 0 Å². The van der Waals surface area contributed by atoms with Gasteiger partial charge in [-0.05, 0) is 60.4 Å². The van der Waals surface area contributed by atoms with Crippen molar-refractivity contribution in [1.29, 1.82) is 0 Å². The van der Waals surface area contributed by atoms with Crippen LogP contribution >= 0.6 is 15.9 Å². The molecule has 2 heterocycles. The van der Waals surface area contributed by atoms with E-state index in [0.29, 0.717) is 11.9 Å². The number of aromatic nitrogens is 3. The minimum absolute atomic E-state index is 0.498. The predicted molar refractivity (Wildman–Crippen MR) is 89.3 cm³/mol. The fourth-order valence-corrected chi connectivity index (χ4v) is 2.44. The smallest absolute Gasteiger partial charge is 0.178 e. The van der Waals surface area contributed by atoms with Gasteiger partial charge in [-0.3, -0.25) is 4.98 Å². The molecule has 5 heteroatoms. The maximum absolute atomic E-state index is 4.61. The molecular formula is C16H21BrN4. The quantitative estimate of drug-likeness (QED) is 0.898. The van der Waals surface area contributed by atoms with Gasteiger partial charge in [0.15, 0.2) is 5.82 Å². The fraction of sp³-hybridized carbons (Fsp3) is 0.438. The summed E-state index contributed by atoms with van der Waals surface area (Å²) in [6.45, 7) is 9.33. The molecule has 21 heavy (non-hydrogen) atoms. The van der Waals surface area contributed by atoms with Gasteiger partial charge in [-0.2, -0.15) is 0 Å². The minimum atomic E-state index is 0.498. The Hall–Kier alpha value is -1.33. The van der Waals surface area contributed by atoms with Crippen LogP contribution in [0.1, 0.15) is 30.8 Å². The van der Waals surface area contributed by atoms with Crippen LogP contribution in [0.3, 0.4) is 0 Å². The molecule has 0 aliphatic carbocycles. The minimum Gasteiger partial charge on any atom is -0.314 e. The SMILES string of the molecule is Cc1nc(-c2ccc(Br)cn2)nc(C)c1CCNC(C)C. The second kappa shape index (κ2) is 7.09. The summed E-state index contributed by atoms with van der Waals surface area (Å²) in [5.41, 5.74) is 4.10. The van der Waals surface area contributed by atoms with Crippen molar-refractivity contribution in [2.24, 2.45) is 0 Å². The third-order valence-corrected chi connectivity index (χ3v) is 3.77. The van der Waals surface area contributed by atoms with Crippen molar-refractivity contribution >= 4 is 15.9 Å². The summed E-state index contributed by atoms with van der Waals surface area (Å²) in [5, 5.41) is 3.43. The number of hydrogen-bond donors (Lipinski definition) is 1. The number of halogens is 1. The molecule has 1 N–H and O–H groups in total. The third-order valence-electron chi connectivity index (χ3n) is 3.30. The van der Waals surface area contributed by atoms with E-state index < -0.39 is 0 Å². The first-order chi connectivity index (χ1) is 9.97. The van der Waals surface area contributed by atoms with Crippen LogP contribution in [0.25, 0.3) is 11.5 Å². The molecule has 0 amide bonds. The van der Waals surface area contributed by atoms with Gasteiger partial charge in [0.25, 0.3) is 0 Å². The highest BCUT2D eigenvalue weighted by molar-refractivity contribution is 9.10. The Morgan fingerprint density at radius 2 is 1.81 bits per heavy atom. The first kappa shape index (κ1) is 16.0. The van der Waals surface area contributed by atoms with Crippen molar-refractivity contribution in [2.75, 3.05) is 6.54 Å². The average molecular weight is 349 g/mol.